The third-order valence-electron chi connectivity index (χ3n) is 4.42. The van der Waals surface area contributed by atoms with Gasteiger partial charge >= 0.3 is 6.03 Å². The summed E-state index contributed by atoms with van der Waals surface area (Å²) in [6, 6.07) is 17.0. The highest BCUT2D eigenvalue weighted by Gasteiger charge is 2.12. The average molecular weight is 351 g/mol. The van der Waals surface area contributed by atoms with Crippen LogP contribution in [0.1, 0.15) is 31.2 Å². The van der Waals surface area contributed by atoms with Crippen molar-refractivity contribution in [1.82, 2.24) is 4.90 Å². The molecule has 0 aliphatic carbocycles. The Bertz CT molecular complexity index is 742. The molecular weight excluding hydrogens is 326 g/mol. The summed E-state index contributed by atoms with van der Waals surface area (Å²) in [5.41, 5.74) is 1.83. The fourth-order valence-corrected chi connectivity index (χ4v) is 2.91. The van der Waals surface area contributed by atoms with Gasteiger partial charge in [0, 0.05) is 25.7 Å². The molecule has 0 atom stereocenters. The number of nitrogens with one attached hydrogen (secondary N) is 1. The van der Waals surface area contributed by atoms with Crippen molar-refractivity contribution in [2.45, 2.75) is 32.3 Å². The van der Waals surface area contributed by atoms with Crippen molar-refractivity contribution in [3.05, 3.63) is 60.2 Å². The van der Waals surface area contributed by atoms with Crippen molar-refractivity contribution >= 4 is 17.6 Å². The largest absolute Gasteiger partial charge is 0.489 e. The summed E-state index contributed by atoms with van der Waals surface area (Å²) in [5.74, 6) is 1.63. The summed E-state index contributed by atoms with van der Waals surface area (Å²) in [5, 5.41) is 2.82. The third kappa shape index (κ3) is 5.34. The van der Waals surface area contributed by atoms with Gasteiger partial charge in [-0.3, -0.25) is 0 Å². The van der Waals surface area contributed by atoms with Crippen molar-refractivity contribution in [2.75, 3.05) is 18.9 Å². The van der Waals surface area contributed by atoms with Crippen LogP contribution in [0.2, 0.25) is 0 Å². The van der Waals surface area contributed by atoms with Gasteiger partial charge in [0.05, 0.1) is 0 Å². The zero-order valence-corrected chi connectivity index (χ0v) is 15.1. The molecule has 1 aliphatic heterocycles. The van der Waals surface area contributed by atoms with E-state index in [0.29, 0.717) is 12.3 Å². The molecule has 136 valence electrons. The first-order chi connectivity index (χ1) is 12.7. The summed E-state index contributed by atoms with van der Waals surface area (Å²) in [4.78, 5) is 18.5. The monoisotopic (exact) mass is 351 g/mol. The van der Waals surface area contributed by atoms with Crippen LogP contribution in [0.4, 0.5) is 10.5 Å². The van der Waals surface area contributed by atoms with Crippen LogP contribution >= 0.6 is 0 Å². The van der Waals surface area contributed by atoms with Crippen LogP contribution < -0.4 is 10.1 Å². The molecular formula is C21H25N3O2. The topological polar surface area (TPSA) is 53.9 Å². The summed E-state index contributed by atoms with van der Waals surface area (Å²) in [6.07, 6.45) is 4.29. The van der Waals surface area contributed by atoms with E-state index in [1.807, 2.05) is 61.6 Å². The second-order valence-corrected chi connectivity index (χ2v) is 6.49. The lowest BCUT2D eigenvalue weighted by atomic mass is 10.2. The molecule has 5 heteroatoms. The first-order valence-electron chi connectivity index (χ1n) is 9.07. The van der Waals surface area contributed by atoms with Gasteiger partial charge in [0.15, 0.2) is 0 Å². The summed E-state index contributed by atoms with van der Waals surface area (Å²) in [6.45, 7) is 1.48. The van der Waals surface area contributed by atoms with Gasteiger partial charge in [-0.1, -0.05) is 36.8 Å². The van der Waals surface area contributed by atoms with Crippen LogP contribution in [0.5, 0.6) is 5.75 Å². The lowest BCUT2D eigenvalue weighted by molar-refractivity contribution is 0.259. The molecule has 1 N–H and O–H groups in total. The Morgan fingerprint density at radius 1 is 1.08 bits per heavy atom. The molecule has 0 radical (unpaired) electrons. The van der Waals surface area contributed by atoms with Crippen LogP contribution in [-0.4, -0.2) is 30.4 Å². The number of likely N-dealkylation sites (tertiary alicyclic amines) is 1. The maximum atomic E-state index is 12.2. The van der Waals surface area contributed by atoms with Gasteiger partial charge in [0.2, 0.25) is 0 Å². The van der Waals surface area contributed by atoms with E-state index in [0.717, 1.165) is 43.0 Å². The third-order valence-corrected chi connectivity index (χ3v) is 4.42. The predicted molar refractivity (Wildman–Crippen MR) is 105 cm³/mol. The fourth-order valence-electron chi connectivity index (χ4n) is 2.91. The van der Waals surface area contributed by atoms with E-state index in [-0.39, 0.29) is 6.03 Å². The van der Waals surface area contributed by atoms with Gasteiger partial charge in [-0.05, 0) is 42.7 Å². The van der Waals surface area contributed by atoms with Gasteiger partial charge in [-0.2, -0.15) is 4.99 Å². The maximum absolute atomic E-state index is 12.2. The first kappa shape index (κ1) is 18.0. The van der Waals surface area contributed by atoms with Crippen molar-refractivity contribution in [3.63, 3.8) is 0 Å². The van der Waals surface area contributed by atoms with Gasteiger partial charge < -0.3 is 15.0 Å². The Labute approximate surface area is 154 Å². The van der Waals surface area contributed by atoms with Crippen LogP contribution in [0, 0.1) is 0 Å². The molecule has 1 aliphatic rings. The van der Waals surface area contributed by atoms with Crippen molar-refractivity contribution in [2.24, 2.45) is 4.99 Å². The molecule has 1 fully saturated rings. The predicted octanol–water partition coefficient (Wildman–Crippen LogP) is 4.70. The Kier molecular flexibility index (Phi) is 6.25. The van der Waals surface area contributed by atoms with Gasteiger partial charge in [0.1, 0.15) is 18.2 Å². The second kappa shape index (κ2) is 9.04. The number of aliphatic imine (C=N–C) groups is 1. The minimum Gasteiger partial charge on any atom is -0.489 e. The zero-order chi connectivity index (χ0) is 18.2. The standard InChI is InChI=1S/C21H25N3O2/c1-24-15-7-3-6-10-20(24)23-21(25)22-18-11-13-19(14-12-18)26-16-17-8-4-2-5-9-17/h2,4-5,8-9,11-14H,3,6-7,10,15-16H2,1H3,(H,22,25)/b23-20-. The van der Waals surface area contributed by atoms with Crippen LogP contribution in [0.15, 0.2) is 59.6 Å². The van der Waals surface area contributed by atoms with Crippen LogP contribution in [-0.2, 0) is 6.61 Å². The average Bonchev–Trinajstić information content (AvgIpc) is 2.86. The lowest BCUT2D eigenvalue weighted by Gasteiger charge is -2.17. The summed E-state index contributed by atoms with van der Waals surface area (Å²) in [7, 11) is 2.00. The minimum atomic E-state index is -0.327. The molecule has 2 aromatic carbocycles. The number of nitrogens with zero attached hydrogens (tertiary/aromatic N) is 2. The summed E-state index contributed by atoms with van der Waals surface area (Å²) < 4.78 is 5.75. The van der Waals surface area contributed by atoms with E-state index in [1.54, 1.807) is 0 Å². The molecule has 2 aromatic rings. The van der Waals surface area contributed by atoms with Crippen LogP contribution in [0.3, 0.4) is 0 Å². The van der Waals surface area contributed by atoms with E-state index in [9.17, 15) is 4.79 Å². The number of ether oxygens (including phenoxy) is 1. The second-order valence-electron chi connectivity index (χ2n) is 6.49. The van der Waals surface area contributed by atoms with Gasteiger partial charge in [0.25, 0.3) is 0 Å². The fraction of sp³-hybridized carbons (Fsp3) is 0.333. The van der Waals surface area contributed by atoms with Crippen molar-refractivity contribution in [1.29, 1.82) is 0 Å². The van der Waals surface area contributed by atoms with Crippen molar-refractivity contribution in [3.8, 4) is 5.75 Å². The number of hydrogen-bond donors (Lipinski definition) is 1. The molecule has 5 nitrogen and oxygen atoms in total. The number of amides is 2. The van der Waals surface area contributed by atoms with Gasteiger partial charge in [-0.15, -0.1) is 0 Å². The summed E-state index contributed by atoms with van der Waals surface area (Å²) >= 11 is 0. The number of anilines is 1. The molecule has 1 heterocycles. The zero-order valence-electron chi connectivity index (χ0n) is 15.1. The highest BCUT2D eigenvalue weighted by molar-refractivity contribution is 5.99. The number of rotatable bonds is 4. The minimum absolute atomic E-state index is 0.327. The van der Waals surface area contributed by atoms with E-state index < -0.39 is 0 Å². The SMILES string of the molecule is CN1CCCCC/C1=N/C(=O)Nc1ccc(OCc2ccccc2)cc1. The Morgan fingerprint density at radius 3 is 2.62 bits per heavy atom. The molecule has 2 amide bonds. The molecule has 0 aromatic heterocycles. The number of carbonyl (C=O) groups is 1. The van der Waals surface area contributed by atoms with Gasteiger partial charge in [-0.25, -0.2) is 4.79 Å². The van der Waals surface area contributed by atoms with E-state index in [4.69, 9.17) is 4.74 Å². The number of benzene rings is 2. The number of carbonyl (C=O) groups excluding carboxylic acids is 1. The van der Waals surface area contributed by atoms with Crippen LogP contribution in [0.25, 0.3) is 0 Å². The normalized spacial score (nSPS) is 16.2. The Morgan fingerprint density at radius 2 is 1.85 bits per heavy atom. The molecule has 0 saturated carbocycles. The molecule has 3 rings (SSSR count). The van der Waals surface area contributed by atoms with E-state index in [2.05, 4.69) is 15.2 Å². The van der Waals surface area contributed by atoms with E-state index in [1.165, 1.54) is 6.42 Å². The number of urea groups is 1. The molecule has 0 unspecified atom stereocenters. The van der Waals surface area contributed by atoms with E-state index >= 15 is 0 Å². The Balaban J connectivity index is 1.54. The van der Waals surface area contributed by atoms with Crippen molar-refractivity contribution < 1.29 is 9.53 Å². The smallest absolute Gasteiger partial charge is 0.347 e. The number of hydrogen-bond acceptors (Lipinski definition) is 2. The molecule has 0 spiro atoms. The highest BCUT2D eigenvalue weighted by atomic mass is 16.5. The molecule has 26 heavy (non-hydrogen) atoms. The molecule has 0 bridgehead atoms. The molecule has 1 saturated heterocycles. The number of amidine groups is 1. The highest BCUT2D eigenvalue weighted by Crippen LogP contribution is 2.18. The Hall–Kier alpha value is -2.82. The quantitative estimate of drug-likeness (QED) is 0.868. The maximum Gasteiger partial charge on any atom is 0.347 e. The first-order valence-corrected chi connectivity index (χ1v) is 9.07. The lowest BCUT2D eigenvalue weighted by Crippen LogP contribution is -2.27.